The maximum absolute atomic E-state index is 5.46. The van der Waals surface area contributed by atoms with Crippen LogP contribution in [0.4, 0.5) is 0 Å². The number of hydrogen-bond acceptors (Lipinski definition) is 1. The summed E-state index contributed by atoms with van der Waals surface area (Å²) < 4.78 is 5.39. The second kappa shape index (κ2) is 5.77. The Morgan fingerprint density at radius 1 is 1.29 bits per heavy atom. The molecule has 0 spiro atoms. The molecule has 0 saturated heterocycles. The van der Waals surface area contributed by atoms with Crippen LogP contribution in [0, 0.1) is 33.1 Å². The maximum atomic E-state index is 5.46. The highest BCUT2D eigenvalue weighted by molar-refractivity contribution is 5.49. The van der Waals surface area contributed by atoms with E-state index in [-0.39, 0.29) is 0 Å². The first kappa shape index (κ1) is 13.6. The van der Waals surface area contributed by atoms with Crippen molar-refractivity contribution in [3.05, 3.63) is 28.3 Å². The van der Waals surface area contributed by atoms with Crippen LogP contribution < -0.4 is 4.74 Å². The van der Waals surface area contributed by atoms with Gasteiger partial charge < -0.3 is 4.74 Å². The normalized spacial score (nSPS) is 12.0. The second-order valence-electron chi connectivity index (χ2n) is 4.57. The highest BCUT2D eigenvalue weighted by atomic mass is 16.5. The van der Waals surface area contributed by atoms with E-state index in [1.54, 1.807) is 7.11 Å². The molecule has 1 atom stereocenters. The minimum absolute atomic E-state index is 0.463. The van der Waals surface area contributed by atoms with Gasteiger partial charge in [0.2, 0.25) is 0 Å². The fraction of sp³-hybridized carbons (Fsp3) is 0.500. The molecule has 1 rings (SSSR count). The minimum atomic E-state index is 0.463. The van der Waals surface area contributed by atoms with Crippen LogP contribution in [0.1, 0.15) is 47.9 Å². The lowest BCUT2D eigenvalue weighted by atomic mass is 9.85. The van der Waals surface area contributed by atoms with E-state index in [2.05, 4.69) is 39.7 Å². The first-order valence-corrected chi connectivity index (χ1v) is 6.14. The van der Waals surface area contributed by atoms with Gasteiger partial charge >= 0.3 is 0 Å². The Morgan fingerprint density at radius 3 is 2.41 bits per heavy atom. The van der Waals surface area contributed by atoms with Crippen LogP contribution in [-0.4, -0.2) is 7.11 Å². The monoisotopic (exact) mass is 230 g/mol. The quantitative estimate of drug-likeness (QED) is 0.706. The van der Waals surface area contributed by atoms with E-state index < -0.39 is 0 Å². The van der Waals surface area contributed by atoms with Crippen molar-refractivity contribution in [2.24, 2.45) is 0 Å². The highest BCUT2D eigenvalue weighted by Crippen LogP contribution is 2.34. The van der Waals surface area contributed by atoms with Gasteiger partial charge in [0.15, 0.2) is 0 Å². The molecule has 1 unspecified atom stereocenters. The second-order valence-corrected chi connectivity index (χ2v) is 4.57. The van der Waals surface area contributed by atoms with E-state index in [0.717, 1.165) is 18.6 Å². The Labute approximate surface area is 105 Å². The van der Waals surface area contributed by atoms with E-state index in [1.807, 2.05) is 0 Å². The molecule has 0 amide bonds. The molecule has 17 heavy (non-hydrogen) atoms. The number of ether oxygens (including phenoxy) is 1. The van der Waals surface area contributed by atoms with Crippen LogP contribution in [0.5, 0.6) is 5.75 Å². The summed E-state index contributed by atoms with van der Waals surface area (Å²) in [5, 5.41) is 0. The van der Waals surface area contributed by atoms with Gasteiger partial charge in [-0.1, -0.05) is 6.92 Å². The van der Waals surface area contributed by atoms with Crippen molar-refractivity contribution in [2.75, 3.05) is 7.11 Å². The third kappa shape index (κ3) is 2.64. The molecule has 0 N–H and O–H groups in total. The average molecular weight is 230 g/mol. The Bertz CT molecular complexity index is 438. The van der Waals surface area contributed by atoms with Gasteiger partial charge in [0.25, 0.3) is 0 Å². The van der Waals surface area contributed by atoms with Crippen molar-refractivity contribution in [3.63, 3.8) is 0 Å². The average Bonchev–Trinajstić information content (AvgIpc) is 2.32. The summed E-state index contributed by atoms with van der Waals surface area (Å²) in [7, 11) is 1.72. The standard InChI is InChI=1S/C16H22O/c1-7-9-14(8-2)16-11(3)10-15(17-6)12(4)13(16)5/h1,10,14H,8-9H2,2-6H3. The van der Waals surface area contributed by atoms with Crippen molar-refractivity contribution in [2.45, 2.75) is 46.5 Å². The molecular weight excluding hydrogens is 208 g/mol. The van der Waals surface area contributed by atoms with Gasteiger partial charge in [0.1, 0.15) is 5.75 Å². The molecule has 1 aromatic rings. The topological polar surface area (TPSA) is 9.23 Å². The van der Waals surface area contributed by atoms with Crippen molar-refractivity contribution in [1.82, 2.24) is 0 Å². The summed E-state index contributed by atoms with van der Waals surface area (Å²) in [6.45, 7) is 8.61. The molecule has 0 bridgehead atoms. The number of aryl methyl sites for hydroxylation is 1. The molecule has 0 radical (unpaired) electrons. The third-order valence-electron chi connectivity index (χ3n) is 3.59. The Hall–Kier alpha value is -1.42. The van der Waals surface area contributed by atoms with E-state index in [1.165, 1.54) is 22.3 Å². The van der Waals surface area contributed by atoms with Crippen molar-refractivity contribution < 1.29 is 4.74 Å². The number of methoxy groups -OCH3 is 1. The van der Waals surface area contributed by atoms with E-state index >= 15 is 0 Å². The van der Waals surface area contributed by atoms with Gasteiger partial charge in [-0.15, -0.1) is 12.3 Å². The van der Waals surface area contributed by atoms with Crippen LogP contribution >= 0.6 is 0 Å². The molecule has 1 aromatic carbocycles. The lowest BCUT2D eigenvalue weighted by Gasteiger charge is -2.21. The van der Waals surface area contributed by atoms with Gasteiger partial charge in [0.05, 0.1) is 7.11 Å². The number of hydrogen-bond donors (Lipinski definition) is 0. The number of benzene rings is 1. The zero-order chi connectivity index (χ0) is 13.0. The van der Waals surface area contributed by atoms with Crippen LogP contribution in [0.15, 0.2) is 6.07 Å². The summed E-state index contributed by atoms with van der Waals surface area (Å²) in [4.78, 5) is 0. The van der Waals surface area contributed by atoms with Gasteiger partial charge in [-0.2, -0.15) is 0 Å². The highest BCUT2D eigenvalue weighted by Gasteiger charge is 2.17. The Kier molecular flexibility index (Phi) is 4.63. The summed E-state index contributed by atoms with van der Waals surface area (Å²) >= 11 is 0. The van der Waals surface area contributed by atoms with Crippen molar-refractivity contribution in [1.29, 1.82) is 0 Å². The molecule has 1 heteroatoms. The zero-order valence-electron chi connectivity index (χ0n) is 11.6. The summed E-state index contributed by atoms with van der Waals surface area (Å²) in [5.74, 6) is 4.22. The fourth-order valence-corrected chi connectivity index (χ4v) is 2.50. The summed E-state index contributed by atoms with van der Waals surface area (Å²) in [6, 6.07) is 2.12. The maximum Gasteiger partial charge on any atom is 0.122 e. The predicted molar refractivity (Wildman–Crippen MR) is 73.7 cm³/mol. The van der Waals surface area contributed by atoms with Crippen molar-refractivity contribution >= 4 is 0 Å². The molecule has 0 aliphatic rings. The lowest BCUT2D eigenvalue weighted by molar-refractivity contribution is 0.410. The van der Waals surface area contributed by atoms with Crippen LogP contribution in [0.25, 0.3) is 0 Å². The smallest absolute Gasteiger partial charge is 0.122 e. The first-order chi connectivity index (χ1) is 8.06. The molecule has 0 aliphatic heterocycles. The van der Waals surface area contributed by atoms with Gasteiger partial charge in [0, 0.05) is 6.42 Å². The van der Waals surface area contributed by atoms with Crippen LogP contribution in [0.2, 0.25) is 0 Å². The first-order valence-electron chi connectivity index (χ1n) is 6.14. The third-order valence-corrected chi connectivity index (χ3v) is 3.59. The number of rotatable bonds is 4. The molecule has 92 valence electrons. The van der Waals surface area contributed by atoms with E-state index in [0.29, 0.717) is 5.92 Å². The Balaban J connectivity index is 3.34. The molecule has 1 nitrogen and oxygen atoms in total. The van der Waals surface area contributed by atoms with Crippen molar-refractivity contribution in [3.8, 4) is 18.1 Å². The largest absolute Gasteiger partial charge is 0.496 e. The van der Waals surface area contributed by atoms with Crippen LogP contribution in [-0.2, 0) is 0 Å². The number of terminal acetylenes is 1. The minimum Gasteiger partial charge on any atom is -0.496 e. The molecular formula is C16H22O. The fourth-order valence-electron chi connectivity index (χ4n) is 2.50. The van der Waals surface area contributed by atoms with Gasteiger partial charge in [-0.3, -0.25) is 0 Å². The molecule has 0 aromatic heterocycles. The summed E-state index contributed by atoms with van der Waals surface area (Å²) in [5.41, 5.74) is 5.24. The van der Waals surface area contributed by atoms with E-state index in [4.69, 9.17) is 11.2 Å². The van der Waals surface area contributed by atoms with Crippen LogP contribution in [0.3, 0.4) is 0 Å². The molecule has 0 saturated carbocycles. The van der Waals surface area contributed by atoms with E-state index in [9.17, 15) is 0 Å². The lowest BCUT2D eigenvalue weighted by Crippen LogP contribution is -2.05. The molecule has 0 fully saturated rings. The SMILES string of the molecule is C#CCC(CC)c1c(C)cc(OC)c(C)c1C. The molecule has 0 heterocycles. The molecule has 0 aliphatic carbocycles. The zero-order valence-corrected chi connectivity index (χ0v) is 11.6. The van der Waals surface area contributed by atoms with Gasteiger partial charge in [-0.05, 0) is 61.4 Å². The summed E-state index contributed by atoms with van der Waals surface area (Å²) in [6.07, 6.45) is 7.35. The van der Waals surface area contributed by atoms with Gasteiger partial charge in [-0.25, -0.2) is 0 Å². The Morgan fingerprint density at radius 2 is 1.94 bits per heavy atom. The predicted octanol–water partition coefficient (Wildman–Crippen LogP) is 4.14.